The minimum Gasteiger partial charge on any atom is -0.379 e. The molecule has 16 heavy (non-hydrogen) atoms. The van der Waals surface area contributed by atoms with Crippen LogP contribution in [0.4, 0.5) is 0 Å². The molecule has 0 aliphatic carbocycles. The third-order valence-electron chi connectivity index (χ3n) is 3.09. The predicted octanol–water partition coefficient (Wildman–Crippen LogP) is 0.939. The molecule has 0 saturated carbocycles. The summed E-state index contributed by atoms with van der Waals surface area (Å²) in [6.45, 7) is 8.46. The number of hydrogen-bond acceptors (Lipinski definition) is 4. The standard InChI is InChI=1S/C11H18N2O2S/c1-9-7-15-6-5-12(9)3-4-13-10(2)8-16-11(13)14/h8-9H,3-7H2,1-2H3/t9-/m1/s1. The van der Waals surface area contributed by atoms with Crippen LogP contribution in [0.25, 0.3) is 0 Å². The Kier molecular flexibility index (Phi) is 3.78. The SMILES string of the molecule is Cc1csc(=O)n1CCN1CCOC[C@H]1C. The first kappa shape index (κ1) is 11.8. The Bertz CT molecular complexity index is 399. The highest BCUT2D eigenvalue weighted by molar-refractivity contribution is 7.07. The zero-order valence-corrected chi connectivity index (χ0v) is 10.6. The molecule has 1 fully saturated rings. The van der Waals surface area contributed by atoms with Gasteiger partial charge >= 0.3 is 4.87 Å². The molecule has 0 aromatic carbocycles. The highest BCUT2D eigenvalue weighted by Crippen LogP contribution is 2.07. The van der Waals surface area contributed by atoms with Crippen LogP contribution >= 0.6 is 11.3 Å². The molecule has 0 bridgehead atoms. The largest absolute Gasteiger partial charge is 0.379 e. The van der Waals surface area contributed by atoms with Crippen molar-refractivity contribution in [3.8, 4) is 0 Å². The average molecular weight is 242 g/mol. The van der Waals surface area contributed by atoms with Crippen LogP contribution in [-0.2, 0) is 11.3 Å². The van der Waals surface area contributed by atoms with Crippen molar-refractivity contribution < 1.29 is 4.74 Å². The molecule has 0 radical (unpaired) electrons. The van der Waals surface area contributed by atoms with Gasteiger partial charge in [0.05, 0.1) is 13.2 Å². The molecule has 1 saturated heterocycles. The van der Waals surface area contributed by atoms with E-state index in [4.69, 9.17) is 4.74 Å². The maximum absolute atomic E-state index is 11.5. The second-order valence-corrected chi connectivity index (χ2v) is 5.08. The van der Waals surface area contributed by atoms with Gasteiger partial charge in [0.1, 0.15) is 0 Å². The maximum atomic E-state index is 11.5. The van der Waals surface area contributed by atoms with Crippen LogP contribution in [0, 0.1) is 6.92 Å². The van der Waals surface area contributed by atoms with E-state index in [-0.39, 0.29) is 4.87 Å². The summed E-state index contributed by atoms with van der Waals surface area (Å²) in [6.07, 6.45) is 0. The second kappa shape index (κ2) is 5.12. The number of rotatable bonds is 3. The summed E-state index contributed by atoms with van der Waals surface area (Å²) in [4.78, 5) is 14.1. The zero-order valence-electron chi connectivity index (χ0n) is 9.81. The molecule has 2 heterocycles. The van der Waals surface area contributed by atoms with Crippen molar-refractivity contribution in [1.29, 1.82) is 0 Å². The van der Waals surface area contributed by atoms with Crippen LogP contribution in [0.15, 0.2) is 10.2 Å². The third-order valence-corrected chi connectivity index (χ3v) is 3.97. The number of hydrogen-bond donors (Lipinski definition) is 0. The quantitative estimate of drug-likeness (QED) is 0.791. The van der Waals surface area contributed by atoms with E-state index < -0.39 is 0 Å². The molecule has 0 unspecified atom stereocenters. The number of nitrogens with zero attached hydrogens (tertiary/aromatic N) is 2. The summed E-state index contributed by atoms with van der Waals surface area (Å²) < 4.78 is 7.24. The van der Waals surface area contributed by atoms with Crippen molar-refractivity contribution in [1.82, 2.24) is 9.47 Å². The second-order valence-electron chi connectivity index (χ2n) is 4.25. The molecule has 90 valence electrons. The summed E-state index contributed by atoms with van der Waals surface area (Å²) in [5.74, 6) is 0. The van der Waals surface area contributed by atoms with Gasteiger partial charge in [-0.3, -0.25) is 9.69 Å². The molecular weight excluding hydrogens is 224 g/mol. The van der Waals surface area contributed by atoms with E-state index in [1.54, 1.807) is 0 Å². The molecule has 1 aromatic rings. The number of morpholine rings is 1. The van der Waals surface area contributed by atoms with Crippen LogP contribution in [0.1, 0.15) is 12.6 Å². The first-order chi connectivity index (χ1) is 7.68. The predicted molar refractivity (Wildman–Crippen MR) is 65.2 cm³/mol. The Morgan fingerprint density at radius 1 is 1.56 bits per heavy atom. The van der Waals surface area contributed by atoms with Crippen molar-refractivity contribution in [2.24, 2.45) is 0 Å². The topological polar surface area (TPSA) is 34.5 Å². The van der Waals surface area contributed by atoms with Crippen LogP contribution < -0.4 is 4.87 Å². The van der Waals surface area contributed by atoms with Crippen LogP contribution in [-0.4, -0.2) is 41.8 Å². The molecule has 1 aliphatic heterocycles. The summed E-state index contributed by atoms with van der Waals surface area (Å²) in [5, 5.41) is 1.92. The van der Waals surface area contributed by atoms with Gasteiger partial charge in [0.2, 0.25) is 0 Å². The van der Waals surface area contributed by atoms with E-state index in [2.05, 4.69) is 11.8 Å². The molecule has 0 spiro atoms. The smallest absolute Gasteiger partial charge is 0.307 e. The Hall–Kier alpha value is -0.650. The Balaban J connectivity index is 1.94. The fraction of sp³-hybridized carbons (Fsp3) is 0.727. The lowest BCUT2D eigenvalue weighted by Crippen LogP contribution is -2.45. The van der Waals surface area contributed by atoms with E-state index in [0.29, 0.717) is 6.04 Å². The van der Waals surface area contributed by atoms with Gasteiger partial charge in [-0.2, -0.15) is 0 Å². The van der Waals surface area contributed by atoms with Gasteiger partial charge in [0.15, 0.2) is 0 Å². The van der Waals surface area contributed by atoms with E-state index in [1.165, 1.54) is 11.3 Å². The molecule has 2 rings (SSSR count). The van der Waals surface area contributed by atoms with E-state index >= 15 is 0 Å². The summed E-state index contributed by atoms with van der Waals surface area (Å²) in [6, 6.07) is 0.461. The van der Waals surface area contributed by atoms with Crippen LogP contribution in [0.3, 0.4) is 0 Å². The van der Waals surface area contributed by atoms with Crippen LogP contribution in [0.5, 0.6) is 0 Å². The lowest BCUT2D eigenvalue weighted by molar-refractivity contribution is -0.00176. The van der Waals surface area contributed by atoms with Crippen molar-refractivity contribution in [2.75, 3.05) is 26.3 Å². The number of thiazole rings is 1. The van der Waals surface area contributed by atoms with Gasteiger partial charge < -0.3 is 9.30 Å². The summed E-state index contributed by atoms with van der Waals surface area (Å²) in [7, 11) is 0. The van der Waals surface area contributed by atoms with Gasteiger partial charge in [-0.05, 0) is 13.8 Å². The lowest BCUT2D eigenvalue weighted by atomic mass is 10.2. The molecule has 0 amide bonds. The molecular formula is C11H18N2O2S. The minimum absolute atomic E-state index is 0.151. The normalized spacial score (nSPS) is 22.5. The molecule has 4 nitrogen and oxygen atoms in total. The van der Waals surface area contributed by atoms with Gasteiger partial charge in [-0.15, -0.1) is 0 Å². The molecule has 0 N–H and O–H groups in total. The first-order valence-electron chi connectivity index (χ1n) is 5.65. The Morgan fingerprint density at radius 2 is 2.38 bits per heavy atom. The maximum Gasteiger partial charge on any atom is 0.307 e. The fourth-order valence-corrected chi connectivity index (χ4v) is 2.76. The third kappa shape index (κ3) is 2.53. The minimum atomic E-state index is 0.151. The fourth-order valence-electron chi connectivity index (χ4n) is 2.00. The number of aryl methyl sites for hydroxylation is 1. The average Bonchev–Trinajstić information content (AvgIpc) is 2.58. The lowest BCUT2D eigenvalue weighted by Gasteiger charge is -2.33. The Morgan fingerprint density at radius 3 is 3.00 bits per heavy atom. The summed E-state index contributed by atoms with van der Waals surface area (Å²) >= 11 is 1.28. The molecule has 1 aromatic heterocycles. The molecule has 1 atom stereocenters. The molecule has 5 heteroatoms. The van der Waals surface area contributed by atoms with Crippen molar-refractivity contribution in [3.63, 3.8) is 0 Å². The van der Waals surface area contributed by atoms with Crippen molar-refractivity contribution >= 4 is 11.3 Å². The summed E-state index contributed by atoms with van der Waals surface area (Å²) in [5.41, 5.74) is 1.07. The number of ether oxygens (including phenoxy) is 1. The Labute approximate surface area is 99.4 Å². The van der Waals surface area contributed by atoms with Crippen molar-refractivity contribution in [3.05, 3.63) is 20.7 Å². The van der Waals surface area contributed by atoms with Gasteiger partial charge in [-0.1, -0.05) is 11.3 Å². The molecule has 1 aliphatic rings. The van der Waals surface area contributed by atoms with Gasteiger partial charge in [0.25, 0.3) is 0 Å². The van der Waals surface area contributed by atoms with Gasteiger partial charge in [0, 0.05) is 36.8 Å². The number of aromatic nitrogens is 1. The van der Waals surface area contributed by atoms with E-state index in [9.17, 15) is 4.79 Å². The van der Waals surface area contributed by atoms with Crippen LogP contribution in [0.2, 0.25) is 0 Å². The van der Waals surface area contributed by atoms with Gasteiger partial charge in [-0.25, -0.2) is 0 Å². The van der Waals surface area contributed by atoms with E-state index in [1.807, 2.05) is 16.9 Å². The highest BCUT2D eigenvalue weighted by atomic mass is 32.1. The highest BCUT2D eigenvalue weighted by Gasteiger charge is 2.18. The van der Waals surface area contributed by atoms with Crippen molar-refractivity contribution in [2.45, 2.75) is 26.4 Å². The monoisotopic (exact) mass is 242 g/mol. The van der Waals surface area contributed by atoms with E-state index in [0.717, 1.165) is 38.5 Å². The first-order valence-corrected chi connectivity index (χ1v) is 6.53. The zero-order chi connectivity index (χ0) is 11.5.